The average molecular weight is 339 g/mol. The second-order valence-electron chi connectivity index (χ2n) is 6.30. The van der Waals surface area contributed by atoms with Crippen LogP contribution in [0.3, 0.4) is 0 Å². The van der Waals surface area contributed by atoms with Crippen LogP contribution in [0.5, 0.6) is 5.75 Å². The molecule has 6 heteroatoms. The van der Waals surface area contributed by atoms with Gasteiger partial charge in [-0.3, -0.25) is 13.9 Å². The zero-order chi connectivity index (χ0) is 17.8. The highest BCUT2D eigenvalue weighted by molar-refractivity contribution is 5.32. The molecule has 0 bridgehead atoms. The summed E-state index contributed by atoms with van der Waals surface area (Å²) in [5, 5.41) is 9.41. The van der Waals surface area contributed by atoms with Crippen LogP contribution in [0.4, 0.5) is 0 Å². The van der Waals surface area contributed by atoms with Crippen LogP contribution in [0.25, 0.3) is 0 Å². The maximum atomic E-state index is 12.7. The van der Waals surface area contributed by atoms with Crippen LogP contribution in [0.15, 0.2) is 33.9 Å². The van der Waals surface area contributed by atoms with Gasteiger partial charge in [0.25, 0.3) is 5.56 Å². The van der Waals surface area contributed by atoms with E-state index in [1.165, 1.54) is 0 Å². The quantitative estimate of drug-likeness (QED) is 0.853. The smallest absolute Gasteiger partial charge is 0.331 e. The van der Waals surface area contributed by atoms with Gasteiger partial charge in [0.15, 0.2) is 0 Å². The number of rotatable bonds is 4. The Balaban J connectivity index is 1.89. The van der Waals surface area contributed by atoms with Crippen molar-refractivity contribution in [3.63, 3.8) is 0 Å². The fourth-order valence-corrected chi connectivity index (χ4v) is 3.24. The third-order valence-electron chi connectivity index (χ3n) is 4.52. The predicted molar refractivity (Wildman–Crippen MR) is 93.9 cm³/mol. The van der Waals surface area contributed by atoms with Crippen LogP contribution in [0.2, 0.25) is 0 Å². The molecule has 0 N–H and O–H groups in total. The van der Waals surface area contributed by atoms with Crippen molar-refractivity contribution in [2.45, 2.75) is 45.7 Å². The van der Waals surface area contributed by atoms with Gasteiger partial charge in [-0.2, -0.15) is 5.26 Å². The van der Waals surface area contributed by atoms with Crippen LogP contribution < -0.4 is 16.0 Å². The normalized spacial score (nSPS) is 13.6. The summed E-state index contributed by atoms with van der Waals surface area (Å²) >= 11 is 0. The summed E-state index contributed by atoms with van der Waals surface area (Å²) in [6.45, 7) is 2.85. The number of hydrogen-bond donors (Lipinski definition) is 0. The second-order valence-corrected chi connectivity index (χ2v) is 6.30. The third kappa shape index (κ3) is 3.50. The van der Waals surface area contributed by atoms with Crippen molar-refractivity contribution < 1.29 is 4.74 Å². The van der Waals surface area contributed by atoms with Gasteiger partial charge in [0.1, 0.15) is 24.0 Å². The Morgan fingerprint density at radius 2 is 2.08 bits per heavy atom. The van der Waals surface area contributed by atoms with Gasteiger partial charge < -0.3 is 4.74 Å². The molecule has 2 heterocycles. The molecule has 1 aliphatic heterocycles. The first-order valence-corrected chi connectivity index (χ1v) is 8.58. The largest absolute Gasteiger partial charge is 0.492 e. The Bertz CT molecular complexity index is 934. The van der Waals surface area contributed by atoms with Crippen molar-refractivity contribution in [2.24, 2.45) is 0 Å². The maximum absolute atomic E-state index is 12.7. The summed E-state index contributed by atoms with van der Waals surface area (Å²) < 4.78 is 8.38. The molecule has 1 aromatic heterocycles. The van der Waals surface area contributed by atoms with Crippen molar-refractivity contribution in [2.75, 3.05) is 6.61 Å². The van der Waals surface area contributed by atoms with Gasteiger partial charge in [-0.05, 0) is 43.9 Å². The standard InChI is InChI=1S/C19H21N3O3/c1-14-6-5-7-15(12-14)25-11-10-22-18(23)16(13-20)17-8-3-2-4-9-21(17)19(22)24/h5-7,12H,2-4,8-11H2,1H3. The van der Waals surface area contributed by atoms with Gasteiger partial charge in [0, 0.05) is 12.2 Å². The van der Waals surface area contributed by atoms with Crippen molar-refractivity contribution in [1.82, 2.24) is 9.13 Å². The highest BCUT2D eigenvalue weighted by atomic mass is 16.5. The van der Waals surface area contributed by atoms with E-state index in [0.717, 1.165) is 29.4 Å². The van der Waals surface area contributed by atoms with Crippen LogP contribution in [0.1, 0.15) is 36.1 Å². The van der Waals surface area contributed by atoms with Crippen molar-refractivity contribution in [3.8, 4) is 11.8 Å². The summed E-state index contributed by atoms with van der Waals surface area (Å²) in [5.74, 6) is 0.698. The van der Waals surface area contributed by atoms with E-state index in [2.05, 4.69) is 0 Å². The first-order valence-electron chi connectivity index (χ1n) is 8.58. The molecule has 2 aromatic rings. The Morgan fingerprint density at radius 1 is 1.24 bits per heavy atom. The minimum Gasteiger partial charge on any atom is -0.492 e. The van der Waals surface area contributed by atoms with Gasteiger partial charge in [-0.1, -0.05) is 18.6 Å². The molecule has 0 unspecified atom stereocenters. The lowest BCUT2D eigenvalue weighted by molar-refractivity contribution is 0.291. The van der Waals surface area contributed by atoms with Gasteiger partial charge in [-0.25, -0.2) is 4.79 Å². The van der Waals surface area contributed by atoms with E-state index in [9.17, 15) is 14.9 Å². The summed E-state index contributed by atoms with van der Waals surface area (Å²) in [5.41, 5.74) is 0.914. The van der Waals surface area contributed by atoms with Crippen molar-refractivity contribution >= 4 is 0 Å². The number of aromatic nitrogens is 2. The SMILES string of the molecule is Cc1cccc(OCCn2c(=O)c(C#N)c3n(c2=O)CCCCC3)c1. The Hall–Kier alpha value is -2.81. The molecule has 0 saturated heterocycles. The number of ether oxygens (including phenoxy) is 1. The van der Waals surface area contributed by atoms with E-state index < -0.39 is 5.56 Å². The van der Waals surface area contributed by atoms with E-state index in [1.807, 2.05) is 37.3 Å². The molecule has 6 nitrogen and oxygen atoms in total. The maximum Gasteiger partial charge on any atom is 0.331 e. The van der Waals surface area contributed by atoms with Crippen molar-refractivity contribution in [1.29, 1.82) is 5.26 Å². The van der Waals surface area contributed by atoms with E-state index in [4.69, 9.17) is 4.74 Å². The Morgan fingerprint density at radius 3 is 2.84 bits per heavy atom. The summed E-state index contributed by atoms with van der Waals surface area (Å²) in [6, 6.07) is 9.59. The van der Waals surface area contributed by atoms with Gasteiger partial charge >= 0.3 is 5.69 Å². The zero-order valence-corrected chi connectivity index (χ0v) is 14.3. The monoisotopic (exact) mass is 339 g/mol. The van der Waals surface area contributed by atoms with Crippen LogP contribution in [-0.4, -0.2) is 15.7 Å². The molecular formula is C19H21N3O3. The lowest BCUT2D eigenvalue weighted by atomic mass is 10.1. The summed E-state index contributed by atoms with van der Waals surface area (Å²) in [6.07, 6.45) is 3.38. The summed E-state index contributed by atoms with van der Waals surface area (Å²) in [7, 11) is 0. The molecule has 3 rings (SSSR count). The molecule has 0 radical (unpaired) electrons. The molecule has 130 valence electrons. The minimum absolute atomic E-state index is 0.0945. The zero-order valence-electron chi connectivity index (χ0n) is 14.3. The van der Waals surface area contributed by atoms with E-state index in [1.54, 1.807) is 4.57 Å². The van der Waals surface area contributed by atoms with Gasteiger partial charge in [0.2, 0.25) is 0 Å². The second kappa shape index (κ2) is 7.39. The van der Waals surface area contributed by atoms with E-state index >= 15 is 0 Å². The first-order chi connectivity index (χ1) is 12.1. The van der Waals surface area contributed by atoms with Crippen LogP contribution in [-0.2, 0) is 19.5 Å². The van der Waals surface area contributed by atoms with Gasteiger partial charge in [0.05, 0.1) is 6.54 Å². The lowest BCUT2D eigenvalue weighted by Crippen LogP contribution is -2.44. The highest BCUT2D eigenvalue weighted by Crippen LogP contribution is 2.14. The molecule has 0 spiro atoms. The van der Waals surface area contributed by atoms with E-state index in [-0.39, 0.29) is 24.4 Å². The number of aryl methyl sites for hydroxylation is 1. The molecule has 1 aliphatic rings. The molecule has 0 saturated carbocycles. The number of nitrogens with zero attached hydrogens (tertiary/aromatic N) is 3. The molecule has 0 fully saturated rings. The first kappa shape index (κ1) is 17.0. The average Bonchev–Trinajstić information content (AvgIpc) is 2.84. The number of nitriles is 1. The topological polar surface area (TPSA) is 77.0 Å². The Kier molecular flexibility index (Phi) is 5.03. The number of fused-ring (bicyclic) bond motifs is 1. The minimum atomic E-state index is -0.506. The van der Waals surface area contributed by atoms with Crippen LogP contribution in [0, 0.1) is 18.3 Å². The molecule has 0 amide bonds. The van der Waals surface area contributed by atoms with Crippen LogP contribution >= 0.6 is 0 Å². The third-order valence-corrected chi connectivity index (χ3v) is 4.52. The highest BCUT2D eigenvalue weighted by Gasteiger charge is 2.20. The fourth-order valence-electron chi connectivity index (χ4n) is 3.24. The molecule has 0 aliphatic carbocycles. The Labute approximate surface area is 145 Å². The molecule has 1 aromatic carbocycles. The van der Waals surface area contributed by atoms with E-state index in [0.29, 0.717) is 24.4 Å². The predicted octanol–water partition coefficient (Wildman–Crippen LogP) is 2.00. The van der Waals surface area contributed by atoms with Gasteiger partial charge in [-0.15, -0.1) is 0 Å². The molecule has 25 heavy (non-hydrogen) atoms. The fraction of sp³-hybridized carbons (Fsp3) is 0.421. The number of benzene rings is 1. The summed E-state index contributed by atoms with van der Waals surface area (Å²) in [4.78, 5) is 25.3. The lowest BCUT2D eigenvalue weighted by Gasteiger charge is -2.15. The number of hydrogen-bond acceptors (Lipinski definition) is 4. The molecular weight excluding hydrogens is 318 g/mol. The molecule has 0 atom stereocenters. The van der Waals surface area contributed by atoms with Crippen molar-refractivity contribution in [3.05, 3.63) is 61.9 Å².